The van der Waals surface area contributed by atoms with Crippen LogP contribution < -0.4 is 5.32 Å². The summed E-state index contributed by atoms with van der Waals surface area (Å²) in [4.78, 5) is 24.3. The Morgan fingerprint density at radius 3 is 2.48 bits per heavy atom. The molecule has 5 nitrogen and oxygen atoms in total. The Bertz CT molecular complexity index is 766. The van der Waals surface area contributed by atoms with Gasteiger partial charge in [-0.3, -0.25) is 4.79 Å². The van der Waals surface area contributed by atoms with E-state index in [2.05, 4.69) is 5.32 Å². The van der Waals surface area contributed by atoms with Crippen molar-refractivity contribution in [1.82, 2.24) is 9.88 Å². The number of esters is 1. The van der Waals surface area contributed by atoms with Crippen LogP contribution in [-0.4, -0.2) is 23.1 Å². The number of hydrogen-bond acceptors (Lipinski definition) is 3. The number of benzene rings is 1. The van der Waals surface area contributed by atoms with Crippen molar-refractivity contribution in [3.8, 4) is 0 Å². The van der Waals surface area contributed by atoms with Crippen LogP contribution >= 0.6 is 0 Å². The lowest BCUT2D eigenvalue weighted by Crippen LogP contribution is -2.30. The summed E-state index contributed by atoms with van der Waals surface area (Å²) in [5.74, 6) is -0.886. The molecule has 0 aliphatic carbocycles. The summed E-state index contributed by atoms with van der Waals surface area (Å²) in [6.07, 6.45) is 0. The van der Waals surface area contributed by atoms with Crippen LogP contribution in [-0.2, 0) is 16.1 Å². The molecule has 25 heavy (non-hydrogen) atoms. The van der Waals surface area contributed by atoms with Crippen LogP contribution in [0.3, 0.4) is 0 Å². The average molecular weight is 346 g/mol. The molecule has 1 N–H and O–H groups in total. The molecule has 1 amide bonds. The van der Waals surface area contributed by atoms with Gasteiger partial charge in [0.1, 0.15) is 12.4 Å². The highest BCUT2D eigenvalue weighted by molar-refractivity contribution is 5.91. The summed E-state index contributed by atoms with van der Waals surface area (Å²) in [7, 11) is 0. The number of ether oxygens (including phenoxy) is 1. The Labute approximate surface area is 146 Å². The van der Waals surface area contributed by atoms with Gasteiger partial charge in [-0.25, -0.2) is 9.18 Å². The second-order valence-corrected chi connectivity index (χ2v) is 5.93. The zero-order valence-corrected chi connectivity index (χ0v) is 14.9. The first-order valence-electron chi connectivity index (χ1n) is 8.22. The lowest BCUT2D eigenvalue weighted by atomic mass is 10.1. The topological polar surface area (TPSA) is 60.3 Å². The normalized spacial score (nSPS) is 11.9. The van der Waals surface area contributed by atoms with E-state index >= 15 is 0 Å². The number of aryl methyl sites for hydroxylation is 1. The zero-order valence-electron chi connectivity index (χ0n) is 14.9. The van der Waals surface area contributed by atoms with Crippen LogP contribution in [0.1, 0.15) is 47.2 Å². The van der Waals surface area contributed by atoms with E-state index in [0.717, 1.165) is 11.3 Å². The number of rotatable bonds is 6. The summed E-state index contributed by atoms with van der Waals surface area (Å²) in [6.45, 7) is 7.62. The number of amides is 1. The number of carbonyl (C=O) groups is 2. The lowest BCUT2D eigenvalue weighted by Gasteiger charge is -2.16. The molecule has 0 bridgehead atoms. The standard InChI is InChI=1S/C19H23FN2O3/c1-5-25-19(24)17-10-12(2)22(14(17)4)11-18(23)21-13(3)15-6-8-16(20)9-7-15/h6-10,13H,5,11H2,1-4H3,(H,21,23). The summed E-state index contributed by atoms with van der Waals surface area (Å²) >= 11 is 0. The molecule has 0 saturated heterocycles. The molecular formula is C19H23FN2O3. The second kappa shape index (κ2) is 7.96. The van der Waals surface area contributed by atoms with Crippen molar-refractivity contribution in [3.05, 3.63) is 58.7 Å². The van der Waals surface area contributed by atoms with E-state index in [-0.39, 0.29) is 30.3 Å². The molecule has 0 spiro atoms. The van der Waals surface area contributed by atoms with E-state index in [9.17, 15) is 14.0 Å². The Morgan fingerprint density at radius 2 is 1.88 bits per heavy atom. The smallest absolute Gasteiger partial charge is 0.339 e. The zero-order chi connectivity index (χ0) is 18.6. The lowest BCUT2D eigenvalue weighted by molar-refractivity contribution is -0.122. The molecule has 0 fully saturated rings. The van der Waals surface area contributed by atoms with Crippen molar-refractivity contribution >= 4 is 11.9 Å². The molecule has 2 aromatic rings. The third kappa shape index (κ3) is 4.47. The van der Waals surface area contributed by atoms with Gasteiger partial charge in [0.05, 0.1) is 18.2 Å². The Morgan fingerprint density at radius 1 is 1.24 bits per heavy atom. The fraction of sp³-hybridized carbons (Fsp3) is 0.368. The van der Waals surface area contributed by atoms with Gasteiger partial charge in [-0.2, -0.15) is 0 Å². The van der Waals surface area contributed by atoms with Gasteiger partial charge in [-0.05, 0) is 51.5 Å². The summed E-state index contributed by atoms with van der Waals surface area (Å²) in [5.41, 5.74) is 2.80. The predicted octanol–water partition coefficient (Wildman–Crippen LogP) is 3.30. The maximum absolute atomic E-state index is 13.0. The second-order valence-electron chi connectivity index (χ2n) is 5.93. The molecule has 0 saturated carbocycles. The van der Waals surface area contributed by atoms with Crippen molar-refractivity contribution in [2.45, 2.75) is 40.3 Å². The molecule has 1 aromatic carbocycles. The largest absolute Gasteiger partial charge is 0.462 e. The number of halogens is 1. The van der Waals surface area contributed by atoms with Gasteiger partial charge in [0.2, 0.25) is 5.91 Å². The fourth-order valence-electron chi connectivity index (χ4n) is 2.73. The van der Waals surface area contributed by atoms with Crippen LogP contribution in [0.15, 0.2) is 30.3 Å². The quantitative estimate of drug-likeness (QED) is 0.817. The average Bonchev–Trinajstić information content (AvgIpc) is 2.84. The third-order valence-corrected chi connectivity index (χ3v) is 4.12. The molecule has 1 heterocycles. The summed E-state index contributed by atoms with van der Waals surface area (Å²) in [6, 6.07) is 7.50. The van der Waals surface area contributed by atoms with Crippen molar-refractivity contribution in [2.24, 2.45) is 0 Å². The maximum atomic E-state index is 13.0. The number of nitrogens with zero attached hydrogens (tertiary/aromatic N) is 1. The molecule has 0 aliphatic heterocycles. The van der Waals surface area contributed by atoms with Gasteiger partial charge < -0.3 is 14.6 Å². The molecule has 2 rings (SSSR count). The number of hydrogen-bond donors (Lipinski definition) is 1. The molecule has 1 atom stereocenters. The summed E-state index contributed by atoms with van der Waals surface area (Å²) < 4.78 is 19.8. The van der Waals surface area contributed by atoms with Gasteiger partial charge in [-0.15, -0.1) is 0 Å². The van der Waals surface area contributed by atoms with Gasteiger partial charge in [0.15, 0.2) is 0 Å². The van der Waals surface area contributed by atoms with Gasteiger partial charge in [0.25, 0.3) is 0 Å². The van der Waals surface area contributed by atoms with Crippen molar-refractivity contribution < 1.29 is 18.7 Å². The molecule has 6 heteroatoms. The Hall–Kier alpha value is -2.63. The van der Waals surface area contributed by atoms with Gasteiger partial charge >= 0.3 is 5.97 Å². The third-order valence-electron chi connectivity index (χ3n) is 4.12. The van der Waals surface area contributed by atoms with E-state index < -0.39 is 0 Å². The van der Waals surface area contributed by atoms with Gasteiger partial charge in [-0.1, -0.05) is 12.1 Å². The van der Waals surface area contributed by atoms with Crippen LogP contribution in [0.4, 0.5) is 4.39 Å². The van der Waals surface area contributed by atoms with Crippen molar-refractivity contribution in [2.75, 3.05) is 6.61 Å². The number of aromatic nitrogens is 1. The van der Waals surface area contributed by atoms with Crippen LogP contribution in [0.25, 0.3) is 0 Å². The number of carbonyl (C=O) groups excluding carboxylic acids is 2. The van der Waals surface area contributed by atoms with E-state index in [1.54, 1.807) is 36.6 Å². The SMILES string of the molecule is CCOC(=O)c1cc(C)n(CC(=O)NC(C)c2ccc(F)cc2)c1C. The van der Waals surface area contributed by atoms with E-state index in [0.29, 0.717) is 17.9 Å². The highest BCUT2D eigenvalue weighted by Gasteiger charge is 2.18. The van der Waals surface area contributed by atoms with Gasteiger partial charge in [0, 0.05) is 11.4 Å². The maximum Gasteiger partial charge on any atom is 0.339 e. The first kappa shape index (κ1) is 18.7. The van der Waals surface area contributed by atoms with E-state index in [1.807, 2.05) is 13.8 Å². The highest BCUT2D eigenvalue weighted by atomic mass is 19.1. The monoisotopic (exact) mass is 346 g/mol. The molecule has 0 radical (unpaired) electrons. The van der Waals surface area contributed by atoms with E-state index in [1.165, 1.54) is 12.1 Å². The Balaban J connectivity index is 2.07. The number of nitrogens with one attached hydrogen (secondary N) is 1. The minimum Gasteiger partial charge on any atom is -0.462 e. The first-order valence-corrected chi connectivity index (χ1v) is 8.22. The van der Waals surface area contributed by atoms with Crippen molar-refractivity contribution in [1.29, 1.82) is 0 Å². The molecule has 134 valence electrons. The predicted molar refractivity (Wildman–Crippen MR) is 92.8 cm³/mol. The first-order chi connectivity index (χ1) is 11.8. The van der Waals surface area contributed by atoms with Crippen LogP contribution in [0.5, 0.6) is 0 Å². The fourth-order valence-corrected chi connectivity index (χ4v) is 2.73. The highest BCUT2D eigenvalue weighted by Crippen LogP contribution is 2.17. The van der Waals surface area contributed by atoms with E-state index in [4.69, 9.17) is 4.74 Å². The van der Waals surface area contributed by atoms with Crippen molar-refractivity contribution in [3.63, 3.8) is 0 Å². The molecule has 0 aliphatic rings. The molecule has 1 aromatic heterocycles. The minimum atomic E-state index is -0.387. The molecule has 1 unspecified atom stereocenters. The minimum absolute atomic E-state index is 0.0998. The summed E-state index contributed by atoms with van der Waals surface area (Å²) in [5, 5.41) is 2.88. The molecular weight excluding hydrogens is 323 g/mol. The Kier molecular flexibility index (Phi) is 5.96. The van der Waals surface area contributed by atoms with Crippen LogP contribution in [0, 0.1) is 19.7 Å². The van der Waals surface area contributed by atoms with Crippen LogP contribution in [0.2, 0.25) is 0 Å².